The first-order valence-corrected chi connectivity index (χ1v) is 4.12. The van der Waals surface area contributed by atoms with Crippen LogP contribution in [0.15, 0.2) is 33.7 Å². The quantitative estimate of drug-likeness (QED) is 0.727. The van der Waals surface area contributed by atoms with E-state index in [9.17, 15) is 9.59 Å². The van der Waals surface area contributed by atoms with Crippen LogP contribution < -0.4 is 11.3 Å². The van der Waals surface area contributed by atoms with E-state index in [1.54, 1.807) is 12.1 Å². The van der Waals surface area contributed by atoms with Gasteiger partial charge in [-0.25, -0.2) is 5.10 Å². The second-order valence-corrected chi connectivity index (χ2v) is 2.84. The zero-order chi connectivity index (χ0) is 10.8. The SMILES string of the molecule is NC(=O)c1cc(-c2ccco2)n[nH]c1=O. The summed E-state index contributed by atoms with van der Waals surface area (Å²) in [6.07, 6.45) is 1.46. The van der Waals surface area contributed by atoms with Gasteiger partial charge in [-0.3, -0.25) is 9.59 Å². The third-order valence-electron chi connectivity index (χ3n) is 1.84. The summed E-state index contributed by atoms with van der Waals surface area (Å²) in [5, 5.41) is 5.90. The van der Waals surface area contributed by atoms with E-state index < -0.39 is 11.5 Å². The molecule has 0 fully saturated rings. The largest absolute Gasteiger partial charge is 0.463 e. The van der Waals surface area contributed by atoms with Crippen molar-refractivity contribution in [3.05, 3.63) is 40.4 Å². The van der Waals surface area contributed by atoms with Crippen molar-refractivity contribution in [2.45, 2.75) is 0 Å². The number of hydrogen-bond acceptors (Lipinski definition) is 4. The molecule has 76 valence electrons. The van der Waals surface area contributed by atoms with Crippen LogP contribution in [0.1, 0.15) is 10.4 Å². The number of carbonyl (C=O) groups excluding carboxylic acids is 1. The molecule has 0 aliphatic heterocycles. The van der Waals surface area contributed by atoms with Crippen LogP contribution in [0, 0.1) is 0 Å². The predicted molar refractivity (Wildman–Crippen MR) is 51.1 cm³/mol. The molecular weight excluding hydrogens is 198 g/mol. The number of nitrogens with zero attached hydrogens (tertiary/aromatic N) is 1. The van der Waals surface area contributed by atoms with Crippen LogP contribution in [-0.2, 0) is 0 Å². The van der Waals surface area contributed by atoms with Crippen LogP contribution in [0.2, 0.25) is 0 Å². The number of hydrogen-bond donors (Lipinski definition) is 2. The van der Waals surface area contributed by atoms with Gasteiger partial charge in [-0.2, -0.15) is 5.10 Å². The maximum Gasteiger partial charge on any atom is 0.277 e. The second-order valence-electron chi connectivity index (χ2n) is 2.84. The van der Waals surface area contributed by atoms with E-state index in [0.717, 1.165) is 0 Å². The number of aromatic amines is 1. The number of nitrogens with two attached hydrogens (primary N) is 1. The average Bonchev–Trinajstić information content (AvgIpc) is 2.71. The highest BCUT2D eigenvalue weighted by Gasteiger charge is 2.10. The molecule has 0 saturated carbocycles. The summed E-state index contributed by atoms with van der Waals surface area (Å²) in [7, 11) is 0. The molecule has 2 aromatic rings. The lowest BCUT2D eigenvalue weighted by atomic mass is 10.2. The molecule has 1 amide bonds. The van der Waals surface area contributed by atoms with E-state index in [1.165, 1.54) is 12.3 Å². The first kappa shape index (κ1) is 9.20. The summed E-state index contributed by atoms with van der Waals surface area (Å²) < 4.78 is 5.06. The summed E-state index contributed by atoms with van der Waals surface area (Å²) in [5.74, 6) is -0.347. The molecule has 2 aromatic heterocycles. The molecule has 0 radical (unpaired) electrons. The lowest BCUT2D eigenvalue weighted by molar-refractivity contribution is 0.0998. The monoisotopic (exact) mass is 205 g/mol. The van der Waals surface area contributed by atoms with Crippen molar-refractivity contribution in [2.24, 2.45) is 5.73 Å². The summed E-state index contributed by atoms with van der Waals surface area (Å²) in [6.45, 7) is 0. The minimum absolute atomic E-state index is 0.142. The molecule has 0 aliphatic rings. The highest BCUT2D eigenvalue weighted by atomic mass is 16.3. The first-order chi connectivity index (χ1) is 7.18. The number of aromatic nitrogens is 2. The number of H-pyrrole nitrogens is 1. The van der Waals surface area contributed by atoms with Crippen LogP contribution >= 0.6 is 0 Å². The minimum atomic E-state index is -0.800. The fraction of sp³-hybridized carbons (Fsp3) is 0. The van der Waals surface area contributed by atoms with Gasteiger partial charge in [-0.05, 0) is 18.2 Å². The highest BCUT2D eigenvalue weighted by Crippen LogP contribution is 2.15. The molecule has 0 aromatic carbocycles. The molecule has 0 saturated heterocycles. The van der Waals surface area contributed by atoms with Crippen molar-refractivity contribution in [2.75, 3.05) is 0 Å². The molecule has 0 aliphatic carbocycles. The van der Waals surface area contributed by atoms with Crippen LogP contribution in [-0.4, -0.2) is 16.1 Å². The third kappa shape index (κ3) is 1.64. The number of amides is 1. The Kier molecular flexibility index (Phi) is 2.09. The summed E-state index contributed by atoms with van der Waals surface area (Å²) in [6, 6.07) is 4.62. The fourth-order valence-corrected chi connectivity index (χ4v) is 1.14. The number of primary amides is 1. The number of nitrogens with one attached hydrogen (secondary N) is 1. The van der Waals surface area contributed by atoms with E-state index in [-0.39, 0.29) is 5.56 Å². The summed E-state index contributed by atoms with van der Waals surface area (Å²) in [4.78, 5) is 22.0. The van der Waals surface area contributed by atoms with Gasteiger partial charge in [0.05, 0.1) is 6.26 Å². The van der Waals surface area contributed by atoms with Gasteiger partial charge in [0.2, 0.25) is 0 Å². The van der Waals surface area contributed by atoms with Crippen LogP contribution in [0.3, 0.4) is 0 Å². The van der Waals surface area contributed by atoms with Gasteiger partial charge in [-0.15, -0.1) is 0 Å². The second kappa shape index (κ2) is 3.41. The van der Waals surface area contributed by atoms with Crippen molar-refractivity contribution in [3.8, 4) is 11.5 Å². The zero-order valence-corrected chi connectivity index (χ0v) is 7.56. The van der Waals surface area contributed by atoms with Crippen molar-refractivity contribution >= 4 is 5.91 Å². The summed E-state index contributed by atoms with van der Waals surface area (Å²) in [5.41, 5.74) is 4.62. The number of rotatable bonds is 2. The Hall–Kier alpha value is -2.37. The molecule has 0 atom stereocenters. The van der Waals surface area contributed by atoms with Gasteiger partial charge in [0.15, 0.2) is 5.76 Å². The van der Waals surface area contributed by atoms with E-state index in [0.29, 0.717) is 11.5 Å². The number of carbonyl (C=O) groups is 1. The van der Waals surface area contributed by atoms with Crippen molar-refractivity contribution in [3.63, 3.8) is 0 Å². The average molecular weight is 205 g/mol. The molecule has 0 unspecified atom stereocenters. The molecular formula is C9H7N3O3. The fourth-order valence-electron chi connectivity index (χ4n) is 1.14. The Morgan fingerprint density at radius 2 is 2.33 bits per heavy atom. The minimum Gasteiger partial charge on any atom is -0.463 e. The van der Waals surface area contributed by atoms with E-state index in [4.69, 9.17) is 10.2 Å². The zero-order valence-electron chi connectivity index (χ0n) is 7.56. The smallest absolute Gasteiger partial charge is 0.277 e. The standard InChI is InChI=1S/C9H7N3O3/c10-8(13)5-4-6(11-12-9(5)14)7-2-1-3-15-7/h1-4H,(H2,10,13)(H,12,14). The molecule has 2 heterocycles. The van der Waals surface area contributed by atoms with Gasteiger partial charge in [-0.1, -0.05) is 0 Å². The maximum atomic E-state index is 11.1. The van der Waals surface area contributed by atoms with E-state index in [1.807, 2.05) is 0 Å². The maximum absolute atomic E-state index is 11.1. The Bertz CT molecular complexity index is 542. The third-order valence-corrected chi connectivity index (χ3v) is 1.84. The molecule has 0 spiro atoms. The molecule has 6 nitrogen and oxygen atoms in total. The number of furan rings is 1. The topological polar surface area (TPSA) is 102 Å². The van der Waals surface area contributed by atoms with Crippen molar-refractivity contribution in [1.82, 2.24) is 10.2 Å². The molecule has 2 rings (SSSR count). The van der Waals surface area contributed by atoms with Gasteiger partial charge < -0.3 is 10.2 Å². The van der Waals surface area contributed by atoms with Gasteiger partial charge in [0.1, 0.15) is 11.3 Å². The van der Waals surface area contributed by atoms with Crippen molar-refractivity contribution in [1.29, 1.82) is 0 Å². The molecule has 6 heteroatoms. The Morgan fingerprint density at radius 1 is 1.53 bits per heavy atom. The Morgan fingerprint density at radius 3 is 2.93 bits per heavy atom. The molecule has 0 bridgehead atoms. The van der Waals surface area contributed by atoms with E-state index >= 15 is 0 Å². The van der Waals surface area contributed by atoms with Crippen LogP contribution in [0.25, 0.3) is 11.5 Å². The van der Waals surface area contributed by atoms with Crippen LogP contribution in [0.4, 0.5) is 0 Å². The lowest BCUT2D eigenvalue weighted by Crippen LogP contribution is -2.24. The van der Waals surface area contributed by atoms with Crippen molar-refractivity contribution < 1.29 is 9.21 Å². The lowest BCUT2D eigenvalue weighted by Gasteiger charge is -1.97. The molecule has 3 N–H and O–H groups in total. The first-order valence-electron chi connectivity index (χ1n) is 4.12. The predicted octanol–water partition coefficient (Wildman–Crippen LogP) is 0.129. The normalized spacial score (nSPS) is 10.1. The van der Waals surface area contributed by atoms with Gasteiger partial charge in [0, 0.05) is 0 Å². The Balaban J connectivity index is 2.57. The van der Waals surface area contributed by atoms with Gasteiger partial charge in [0.25, 0.3) is 11.5 Å². The summed E-state index contributed by atoms with van der Waals surface area (Å²) >= 11 is 0. The Labute approximate surface area is 83.7 Å². The van der Waals surface area contributed by atoms with Gasteiger partial charge >= 0.3 is 0 Å². The van der Waals surface area contributed by atoms with E-state index in [2.05, 4.69) is 10.2 Å². The van der Waals surface area contributed by atoms with Crippen LogP contribution in [0.5, 0.6) is 0 Å². The molecule has 15 heavy (non-hydrogen) atoms. The highest BCUT2D eigenvalue weighted by molar-refractivity contribution is 5.93.